The van der Waals surface area contributed by atoms with Gasteiger partial charge < -0.3 is 24.8 Å². The fraction of sp³-hybridized carbons (Fsp3) is 0.269. The summed E-state index contributed by atoms with van der Waals surface area (Å²) in [7, 11) is 2.88. The van der Waals surface area contributed by atoms with Crippen LogP contribution in [0.25, 0.3) is 0 Å². The monoisotopic (exact) mass is 493 g/mol. The summed E-state index contributed by atoms with van der Waals surface area (Å²) in [4.78, 5) is 25.3. The highest BCUT2D eigenvalue weighted by Crippen LogP contribution is 2.43. The van der Waals surface area contributed by atoms with Gasteiger partial charge in [-0.2, -0.15) is 5.26 Å². The molecule has 0 radical (unpaired) electrons. The molecule has 1 aliphatic heterocycles. The van der Waals surface area contributed by atoms with Gasteiger partial charge in [-0.1, -0.05) is 30.0 Å². The second kappa shape index (κ2) is 12.0. The predicted octanol–water partition coefficient (Wildman–Crippen LogP) is 4.33. The highest BCUT2D eigenvalue weighted by Gasteiger charge is 2.36. The maximum absolute atomic E-state index is 12.7. The number of nitrogens with one attached hydrogen (secondary N) is 2. The summed E-state index contributed by atoms with van der Waals surface area (Å²) >= 11 is 1.19. The topological polar surface area (TPSA) is 110 Å². The molecule has 0 aromatic heterocycles. The van der Waals surface area contributed by atoms with Gasteiger partial charge >= 0.3 is 5.97 Å². The molecule has 0 unspecified atom stereocenters. The molecule has 0 bridgehead atoms. The average molecular weight is 494 g/mol. The third-order valence-electron chi connectivity index (χ3n) is 5.30. The minimum absolute atomic E-state index is 0.0558. The van der Waals surface area contributed by atoms with Gasteiger partial charge in [0, 0.05) is 16.9 Å². The molecule has 35 heavy (non-hydrogen) atoms. The lowest BCUT2D eigenvalue weighted by molar-refractivity contribution is -0.136. The van der Waals surface area contributed by atoms with E-state index in [0.29, 0.717) is 51.2 Å². The van der Waals surface area contributed by atoms with Crippen molar-refractivity contribution < 1.29 is 23.8 Å². The molecule has 0 saturated carbocycles. The summed E-state index contributed by atoms with van der Waals surface area (Å²) in [6.07, 6.45) is 0. The van der Waals surface area contributed by atoms with Gasteiger partial charge in [0.1, 0.15) is 11.5 Å². The van der Waals surface area contributed by atoms with Crippen LogP contribution in [0, 0.1) is 11.3 Å². The van der Waals surface area contributed by atoms with E-state index in [0.717, 1.165) is 0 Å². The molecule has 0 saturated heterocycles. The van der Waals surface area contributed by atoms with Crippen LogP contribution in [0.1, 0.15) is 25.3 Å². The molecular formula is C26H27N3O5S. The van der Waals surface area contributed by atoms with Crippen LogP contribution in [0.5, 0.6) is 11.5 Å². The van der Waals surface area contributed by atoms with E-state index in [4.69, 9.17) is 14.2 Å². The van der Waals surface area contributed by atoms with Crippen LogP contribution < -0.4 is 20.1 Å². The molecule has 1 amide bonds. The largest absolute Gasteiger partial charge is 0.497 e. The minimum atomic E-state index is -0.705. The van der Waals surface area contributed by atoms with Crippen LogP contribution in [0.4, 0.5) is 5.69 Å². The lowest BCUT2D eigenvalue weighted by atomic mass is 9.82. The molecular weight excluding hydrogens is 466 g/mol. The second-order valence-electron chi connectivity index (χ2n) is 7.48. The van der Waals surface area contributed by atoms with Gasteiger partial charge in [0.15, 0.2) is 0 Å². The Kier molecular flexibility index (Phi) is 8.81. The number of nitriles is 1. The van der Waals surface area contributed by atoms with Gasteiger partial charge in [-0.25, -0.2) is 4.79 Å². The predicted molar refractivity (Wildman–Crippen MR) is 135 cm³/mol. The summed E-state index contributed by atoms with van der Waals surface area (Å²) in [5, 5.41) is 16.6. The molecule has 3 rings (SSSR count). The number of para-hydroxylation sites is 1. The number of hydrogen-bond donors (Lipinski definition) is 2. The quantitative estimate of drug-likeness (QED) is 0.497. The minimum Gasteiger partial charge on any atom is -0.497 e. The number of ether oxygens (including phenoxy) is 3. The Bertz CT molecular complexity index is 1200. The van der Waals surface area contributed by atoms with E-state index in [2.05, 4.69) is 16.7 Å². The Hall–Kier alpha value is -3.90. The SMILES string of the molecule is CCOc1ccccc1[C@H]1C(C#N)=C(SCC(=O)Nc2ccc(OC)cc2)NC(C)=C1C(=O)OC. The number of carbonyl (C=O) groups excluding carboxylic acids is 2. The maximum Gasteiger partial charge on any atom is 0.336 e. The normalized spacial score (nSPS) is 15.1. The zero-order valence-electron chi connectivity index (χ0n) is 20.0. The fourth-order valence-electron chi connectivity index (χ4n) is 3.73. The van der Waals surface area contributed by atoms with Crippen LogP contribution in [-0.2, 0) is 14.3 Å². The molecule has 1 heterocycles. The number of methoxy groups -OCH3 is 2. The van der Waals surface area contributed by atoms with Crippen molar-refractivity contribution in [1.29, 1.82) is 5.26 Å². The zero-order chi connectivity index (χ0) is 25.4. The first kappa shape index (κ1) is 25.7. The first-order chi connectivity index (χ1) is 16.9. The van der Waals surface area contributed by atoms with E-state index in [1.54, 1.807) is 44.4 Å². The number of carbonyl (C=O) groups is 2. The van der Waals surface area contributed by atoms with Crippen LogP contribution in [0.15, 0.2) is 70.4 Å². The van der Waals surface area contributed by atoms with Crippen molar-refractivity contribution in [3.63, 3.8) is 0 Å². The van der Waals surface area contributed by atoms with E-state index < -0.39 is 11.9 Å². The summed E-state index contributed by atoms with van der Waals surface area (Å²) in [5.41, 5.74) is 2.49. The van der Waals surface area contributed by atoms with Crippen LogP contribution in [-0.4, -0.2) is 38.5 Å². The van der Waals surface area contributed by atoms with Crippen molar-refractivity contribution in [3.8, 4) is 17.6 Å². The lowest BCUT2D eigenvalue weighted by Crippen LogP contribution is -2.29. The maximum atomic E-state index is 12.7. The van der Waals surface area contributed by atoms with E-state index in [9.17, 15) is 14.9 Å². The number of rotatable bonds is 9. The van der Waals surface area contributed by atoms with Crippen molar-refractivity contribution in [2.24, 2.45) is 0 Å². The Morgan fingerprint density at radius 1 is 1.14 bits per heavy atom. The summed E-state index contributed by atoms with van der Waals surface area (Å²) < 4.78 is 16.0. The second-order valence-corrected chi connectivity index (χ2v) is 8.46. The fourth-order valence-corrected chi connectivity index (χ4v) is 4.62. The van der Waals surface area contributed by atoms with Crippen molar-refractivity contribution in [2.75, 3.05) is 31.9 Å². The Morgan fingerprint density at radius 2 is 1.86 bits per heavy atom. The molecule has 9 heteroatoms. The first-order valence-electron chi connectivity index (χ1n) is 10.9. The van der Waals surface area contributed by atoms with Crippen molar-refractivity contribution in [2.45, 2.75) is 19.8 Å². The van der Waals surface area contributed by atoms with Crippen LogP contribution >= 0.6 is 11.8 Å². The van der Waals surface area contributed by atoms with E-state index >= 15 is 0 Å². The number of dihydropyridines is 1. The number of amides is 1. The third kappa shape index (κ3) is 5.97. The van der Waals surface area contributed by atoms with E-state index in [1.807, 2.05) is 25.1 Å². The van der Waals surface area contributed by atoms with Gasteiger partial charge in [-0.05, 0) is 44.2 Å². The molecule has 0 aliphatic carbocycles. The Morgan fingerprint density at radius 3 is 2.49 bits per heavy atom. The van der Waals surface area contributed by atoms with E-state index in [1.165, 1.54) is 18.9 Å². The highest BCUT2D eigenvalue weighted by atomic mass is 32.2. The van der Waals surface area contributed by atoms with Crippen LogP contribution in [0.3, 0.4) is 0 Å². The number of nitrogens with zero attached hydrogens (tertiary/aromatic N) is 1. The third-order valence-corrected chi connectivity index (χ3v) is 6.32. The number of benzene rings is 2. The van der Waals surface area contributed by atoms with Gasteiger partial charge in [0.05, 0.1) is 54.7 Å². The Labute approximate surface area is 208 Å². The van der Waals surface area contributed by atoms with E-state index in [-0.39, 0.29) is 11.7 Å². The molecule has 8 nitrogen and oxygen atoms in total. The molecule has 2 aromatic carbocycles. The van der Waals surface area contributed by atoms with Gasteiger partial charge in [-0.3, -0.25) is 4.79 Å². The zero-order valence-corrected chi connectivity index (χ0v) is 20.8. The number of allylic oxidation sites excluding steroid dienone is 2. The van der Waals surface area contributed by atoms with Gasteiger partial charge in [0.25, 0.3) is 0 Å². The number of esters is 1. The molecule has 2 N–H and O–H groups in total. The Balaban J connectivity index is 1.91. The smallest absolute Gasteiger partial charge is 0.336 e. The van der Waals surface area contributed by atoms with Crippen LogP contribution in [0.2, 0.25) is 0 Å². The number of anilines is 1. The standard InChI is InChI=1S/C26H27N3O5S/c1-5-34-21-9-7-6-8-19(21)24-20(14-27)25(28-16(2)23(24)26(31)33-4)35-15-22(30)29-17-10-12-18(32-3)13-11-17/h6-13,24,28H,5,15H2,1-4H3,(H,29,30)/t24-/m0/s1. The average Bonchev–Trinajstić information content (AvgIpc) is 2.87. The molecule has 1 atom stereocenters. The van der Waals surface area contributed by atoms with Gasteiger partial charge in [0.2, 0.25) is 5.91 Å². The van der Waals surface area contributed by atoms with Crippen molar-refractivity contribution in [3.05, 3.63) is 76.0 Å². The molecule has 2 aromatic rings. The lowest BCUT2D eigenvalue weighted by Gasteiger charge is -2.30. The number of thioether (sulfide) groups is 1. The molecule has 1 aliphatic rings. The van der Waals surface area contributed by atoms with Crippen molar-refractivity contribution >= 4 is 29.3 Å². The summed E-state index contributed by atoms with van der Waals surface area (Å²) in [6, 6.07) is 16.5. The van der Waals surface area contributed by atoms with Crippen molar-refractivity contribution in [1.82, 2.24) is 5.32 Å². The first-order valence-corrected chi connectivity index (χ1v) is 11.9. The molecule has 0 fully saturated rings. The summed E-state index contributed by atoms with van der Waals surface area (Å²) in [5.74, 6) is -0.164. The van der Waals surface area contributed by atoms with Gasteiger partial charge in [-0.15, -0.1) is 0 Å². The summed E-state index contributed by atoms with van der Waals surface area (Å²) in [6.45, 7) is 4.04. The highest BCUT2D eigenvalue weighted by molar-refractivity contribution is 8.03. The molecule has 182 valence electrons. The molecule has 0 spiro atoms. The number of hydrogen-bond acceptors (Lipinski definition) is 8.